The second-order valence-corrected chi connectivity index (χ2v) is 6.41. The lowest BCUT2D eigenvalue weighted by atomic mass is 10.1. The van der Waals surface area contributed by atoms with Crippen LogP contribution in [0.5, 0.6) is 0 Å². The van der Waals surface area contributed by atoms with E-state index in [1.54, 1.807) is 0 Å². The van der Waals surface area contributed by atoms with E-state index in [1.807, 2.05) is 24.8 Å². The highest BCUT2D eigenvalue weighted by Gasteiger charge is 2.15. The zero-order valence-electron chi connectivity index (χ0n) is 9.37. The van der Waals surface area contributed by atoms with Crippen LogP contribution in [0.2, 0.25) is 0 Å². The normalized spacial score (nSPS) is 14.1. The molecule has 2 N–H and O–H groups in total. The van der Waals surface area contributed by atoms with Crippen LogP contribution < -0.4 is 5.73 Å². The minimum Gasteiger partial charge on any atom is -0.324 e. The van der Waals surface area contributed by atoms with Crippen LogP contribution in [0.4, 0.5) is 0 Å². The molecule has 0 spiro atoms. The molecule has 1 rings (SSSR count). The van der Waals surface area contributed by atoms with Crippen molar-refractivity contribution in [2.24, 2.45) is 5.73 Å². The fourth-order valence-corrected chi connectivity index (χ4v) is 2.46. The minimum absolute atomic E-state index is 0.112. The Kier molecular flexibility index (Phi) is 3.62. The Morgan fingerprint density at radius 3 is 2.29 bits per heavy atom. The van der Waals surface area contributed by atoms with Gasteiger partial charge in [-0.25, -0.2) is 0 Å². The molecule has 0 heterocycles. The van der Waals surface area contributed by atoms with Crippen LogP contribution in [0.3, 0.4) is 0 Å². The molecule has 0 aliphatic rings. The standard InChI is InChI=1S/C12H19NS/c1-9(13)10-7-5-6-8-11(10)14-12(2,3)4/h5-9H,13H2,1-4H3/t9-/m0/s1. The molecule has 0 aliphatic carbocycles. The van der Waals surface area contributed by atoms with Crippen LogP contribution in [-0.4, -0.2) is 4.75 Å². The lowest BCUT2D eigenvalue weighted by Crippen LogP contribution is -2.11. The molecule has 1 atom stereocenters. The third-order valence-electron chi connectivity index (χ3n) is 1.83. The molecule has 0 aromatic heterocycles. The minimum atomic E-state index is 0.112. The van der Waals surface area contributed by atoms with Crippen molar-refractivity contribution in [2.75, 3.05) is 0 Å². The molecule has 0 saturated heterocycles. The summed E-state index contributed by atoms with van der Waals surface area (Å²) in [6.07, 6.45) is 0. The highest BCUT2D eigenvalue weighted by atomic mass is 32.2. The summed E-state index contributed by atoms with van der Waals surface area (Å²) in [7, 11) is 0. The van der Waals surface area contributed by atoms with Gasteiger partial charge in [0.1, 0.15) is 0 Å². The maximum atomic E-state index is 5.92. The molecule has 1 aromatic carbocycles. The first-order chi connectivity index (χ1) is 6.40. The fraction of sp³-hybridized carbons (Fsp3) is 0.500. The molecule has 0 saturated carbocycles. The van der Waals surface area contributed by atoms with Crippen molar-refractivity contribution in [1.82, 2.24) is 0 Å². The van der Waals surface area contributed by atoms with Gasteiger partial charge in [0.05, 0.1) is 0 Å². The SMILES string of the molecule is C[C@H](N)c1ccccc1SC(C)(C)C. The third kappa shape index (κ3) is 3.35. The molecule has 1 aromatic rings. The van der Waals surface area contributed by atoms with Crippen molar-refractivity contribution < 1.29 is 0 Å². The molecule has 0 fully saturated rings. The molecule has 0 amide bonds. The predicted molar refractivity (Wildman–Crippen MR) is 64.7 cm³/mol. The van der Waals surface area contributed by atoms with Gasteiger partial charge in [-0.15, -0.1) is 11.8 Å². The number of benzene rings is 1. The van der Waals surface area contributed by atoms with Gasteiger partial charge < -0.3 is 5.73 Å². The van der Waals surface area contributed by atoms with Gasteiger partial charge in [-0.05, 0) is 18.6 Å². The Morgan fingerprint density at radius 1 is 1.21 bits per heavy atom. The van der Waals surface area contributed by atoms with Gasteiger partial charge in [-0.1, -0.05) is 39.0 Å². The van der Waals surface area contributed by atoms with E-state index in [-0.39, 0.29) is 10.8 Å². The van der Waals surface area contributed by atoms with Crippen LogP contribution in [0.15, 0.2) is 29.2 Å². The number of hydrogen-bond donors (Lipinski definition) is 1. The molecule has 14 heavy (non-hydrogen) atoms. The van der Waals surface area contributed by atoms with Gasteiger partial charge >= 0.3 is 0 Å². The number of nitrogens with two attached hydrogens (primary N) is 1. The highest BCUT2D eigenvalue weighted by molar-refractivity contribution is 8.00. The van der Waals surface area contributed by atoms with E-state index in [0.29, 0.717) is 0 Å². The molecular weight excluding hydrogens is 190 g/mol. The van der Waals surface area contributed by atoms with Crippen LogP contribution in [0.1, 0.15) is 39.3 Å². The fourth-order valence-electron chi connectivity index (χ4n) is 1.28. The predicted octanol–water partition coefficient (Wildman–Crippen LogP) is 3.60. The zero-order chi connectivity index (χ0) is 10.8. The smallest absolute Gasteiger partial charge is 0.0277 e. The van der Waals surface area contributed by atoms with Gasteiger partial charge in [0.2, 0.25) is 0 Å². The molecule has 2 heteroatoms. The summed E-state index contributed by atoms with van der Waals surface area (Å²) in [4.78, 5) is 1.30. The average Bonchev–Trinajstić information content (AvgIpc) is 2.01. The van der Waals surface area contributed by atoms with Crippen molar-refractivity contribution in [2.45, 2.75) is 43.4 Å². The van der Waals surface area contributed by atoms with E-state index in [9.17, 15) is 0 Å². The third-order valence-corrected chi connectivity index (χ3v) is 3.03. The topological polar surface area (TPSA) is 26.0 Å². The van der Waals surface area contributed by atoms with Crippen molar-refractivity contribution in [3.8, 4) is 0 Å². The Bertz CT molecular complexity index is 299. The second-order valence-electron chi connectivity index (χ2n) is 4.54. The number of hydrogen-bond acceptors (Lipinski definition) is 2. The Labute approximate surface area is 91.1 Å². The molecule has 0 bridgehead atoms. The largest absolute Gasteiger partial charge is 0.324 e. The van der Waals surface area contributed by atoms with Gasteiger partial charge in [0.25, 0.3) is 0 Å². The first kappa shape index (κ1) is 11.6. The summed E-state index contributed by atoms with van der Waals surface area (Å²) in [5.74, 6) is 0. The molecular formula is C12H19NS. The molecule has 0 aliphatic heterocycles. The first-order valence-corrected chi connectivity index (χ1v) is 5.75. The van der Waals surface area contributed by atoms with Crippen LogP contribution in [0.25, 0.3) is 0 Å². The average molecular weight is 209 g/mol. The molecule has 0 unspecified atom stereocenters. The van der Waals surface area contributed by atoms with Crippen LogP contribution >= 0.6 is 11.8 Å². The number of thioether (sulfide) groups is 1. The van der Waals surface area contributed by atoms with E-state index >= 15 is 0 Å². The van der Waals surface area contributed by atoms with Crippen molar-refractivity contribution in [3.05, 3.63) is 29.8 Å². The summed E-state index contributed by atoms with van der Waals surface area (Å²) in [6.45, 7) is 8.68. The first-order valence-electron chi connectivity index (χ1n) is 4.93. The monoisotopic (exact) mass is 209 g/mol. The summed E-state index contributed by atoms with van der Waals surface area (Å²) in [5.41, 5.74) is 7.16. The van der Waals surface area contributed by atoms with Crippen molar-refractivity contribution in [1.29, 1.82) is 0 Å². The lowest BCUT2D eigenvalue weighted by molar-refractivity contribution is 0.781. The Morgan fingerprint density at radius 2 is 1.79 bits per heavy atom. The molecule has 1 nitrogen and oxygen atoms in total. The van der Waals surface area contributed by atoms with E-state index in [4.69, 9.17) is 5.73 Å². The van der Waals surface area contributed by atoms with Crippen molar-refractivity contribution >= 4 is 11.8 Å². The molecule has 78 valence electrons. The van der Waals surface area contributed by atoms with Gasteiger partial charge in [0, 0.05) is 15.7 Å². The summed E-state index contributed by atoms with van der Waals surface area (Å²) >= 11 is 1.88. The zero-order valence-corrected chi connectivity index (χ0v) is 10.2. The summed E-state index contributed by atoms with van der Waals surface area (Å²) < 4.78 is 0.241. The van der Waals surface area contributed by atoms with E-state index in [0.717, 1.165) is 0 Å². The highest BCUT2D eigenvalue weighted by Crippen LogP contribution is 2.35. The quantitative estimate of drug-likeness (QED) is 0.753. The maximum Gasteiger partial charge on any atom is 0.0277 e. The van der Waals surface area contributed by atoms with Gasteiger partial charge in [0.15, 0.2) is 0 Å². The summed E-state index contributed by atoms with van der Waals surface area (Å²) in [6, 6.07) is 8.49. The summed E-state index contributed by atoms with van der Waals surface area (Å²) in [5, 5.41) is 0. The Hall–Kier alpha value is -0.470. The van der Waals surface area contributed by atoms with Crippen LogP contribution in [-0.2, 0) is 0 Å². The Balaban J connectivity index is 2.96. The van der Waals surface area contributed by atoms with Gasteiger partial charge in [-0.3, -0.25) is 0 Å². The second kappa shape index (κ2) is 4.37. The maximum absolute atomic E-state index is 5.92. The lowest BCUT2D eigenvalue weighted by Gasteiger charge is -2.21. The van der Waals surface area contributed by atoms with Gasteiger partial charge in [-0.2, -0.15) is 0 Å². The molecule has 0 radical (unpaired) electrons. The van der Waals surface area contributed by atoms with E-state index in [2.05, 4.69) is 39.0 Å². The van der Waals surface area contributed by atoms with Crippen LogP contribution in [0, 0.1) is 0 Å². The van der Waals surface area contributed by atoms with E-state index < -0.39 is 0 Å². The van der Waals surface area contributed by atoms with E-state index in [1.165, 1.54) is 10.5 Å². The number of rotatable bonds is 2. The van der Waals surface area contributed by atoms with Crippen molar-refractivity contribution in [3.63, 3.8) is 0 Å².